The number of benzene rings is 3. The van der Waals surface area contributed by atoms with E-state index in [1.165, 1.54) is 24.3 Å². The van der Waals surface area contributed by atoms with Crippen molar-refractivity contribution in [3.05, 3.63) is 84.4 Å². The second-order valence-electron chi connectivity index (χ2n) is 7.18. The van der Waals surface area contributed by atoms with Gasteiger partial charge in [-0.1, -0.05) is 30.3 Å². The van der Waals surface area contributed by atoms with Crippen LogP contribution in [0.1, 0.15) is 10.4 Å². The Balaban J connectivity index is 1.64. The highest BCUT2D eigenvalue weighted by Gasteiger charge is 2.18. The number of anilines is 1. The maximum Gasteiger partial charge on any atom is 0.262 e. The molecule has 34 heavy (non-hydrogen) atoms. The minimum atomic E-state index is -3.94. The summed E-state index contributed by atoms with van der Waals surface area (Å²) in [6.45, 7) is 0.888. The number of carbonyl (C=O) groups excluding carboxylic acids is 2. The van der Waals surface area contributed by atoms with Crippen LogP contribution in [0.2, 0.25) is 0 Å². The first-order valence-corrected chi connectivity index (χ1v) is 12.0. The third-order valence-corrected chi connectivity index (χ3v) is 6.02. The Kier molecular flexibility index (Phi) is 8.60. The molecule has 3 aromatic rings. The smallest absolute Gasteiger partial charge is 0.262 e. The van der Waals surface area contributed by atoms with Crippen molar-refractivity contribution in [2.24, 2.45) is 0 Å². The van der Waals surface area contributed by atoms with Crippen molar-refractivity contribution >= 4 is 27.5 Å². The first-order chi connectivity index (χ1) is 16.4. The van der Waals surface area contributed by atoms with Gasteiger partial charge in [-0.3, -0.25) is 14.3 Å². The summed E-state index contributed by atoms with van der Waals surface area (Å²) >= 11 is 0. The molecule has 0 saturated heterocycles. The second kappa shape index (κ2) is 11.8. The van der Waals surface area contributed by atoms with E-state index in [4.69, 9.17) is 4.74 Å². The number of hydrogen-bond donors (Lipinski definition) is 4. The quantitative estimate of drug-likeness (QED) is 0.311. The molecule has 3 aromatic carbocycles. The lowest BCUT2D eigenvalue weighted by Crippen LogP contribution is -2.39. The molecule has 0 unspecified atom stereocenters. The molecule has 2 amide bonds. The summed E-state index contributed by atoms with van der Waals surface area (Å²) in [5, 5.41) is 8.05. The van der Waals surface area contributed by atoms with E-state index >= 15 is 0 Å². The van der Waals surface area contributed by atoms with Gasteiger partial charge < -0.3 is 20.7 Å². The van der Waals surface area contributed by atoms with Gasteiger partial charge in [-0.25, -0.2) is 8.42 Å². The Morgan fingerprint density at radius 1 is 0.824 bits per heavy atom. The summed E-state index contributed by atoms with van der Waals surface area (Å²) < 4.78 is 34.1. The largest absolute Gasteiger partial charge is 0.455 e. The van der Waals surface area contributed by atoms with E-state index in [2.05, 4.69) is 20.7 Å². The number of carbonyl (C=O) groups is 2. The van der Waals surface area contributed by atoms with Gasteiger partial charge in [0.05, 0.1) is 17.1 Å². The van der Waals surface area contributed by atoms with E-state index in [0.717, 1.165) is 0 Å². The zero-order valence-corrected chi connectivity index (χ0v) is 19.4. The van der Waals surface area contributed by atoms with Gasteiger partial charge in [0.2, 0.25) is 5.91 Å². The molecular formula is C24H26N4O5S. The van der Waals surface area contributed by atoms with Gasteiger partial charge in [-0.2, -0.15) is 0 Å². The van der Waals surface area contributed by atoms with Crippen LogP contribution in [-0.2, 0) is 14.8 Å². The molecule has 4 N–H and O–H groups in total. The fourth-order valence-corrected chi connectivity index (χ4v) is 3.97. The van der Waals surface area contributed by atoms with Crippen LogP contribution in [0.15, 0.2) is 83.8 Å². The van der Waals surface area contributed by atoms with Crippen molar-refractivity contribution in [2.45, 2.75) is 4.90 Å². The molecule has 3 rings (SSSR count). The van der Waals surface area contributed by atoms with E-state index in [1.807, 2.05) is 18.2 Å². The molecule has 10 heteroatoms. The maximum absolute atomic E-state index is 12.9. The molecule has 9 nitrogen and oxygen atoms in total. The lowest BCUT2D eigenvalue weighted by molar-refractivity contribution is -0.120. The van der Waals surface area contributed by atoms with Crippen LogP contribution in [0, 0.1) is 0 Å². The van der Waals surface area contributed by atoms with Crippen LogP contribution in [0.3, 0.4) is 0 Å². The Morgan fingerprint density at radius 2 is 1.50 bits per heavy atom. The van der Waals surface area contributed by atoms with Crippen LogP contribution in [-0.4, -0.2) is 46.9 Å². The van der Waals surface area contributed by atoms with E-state index in [1.54, 1.807) is 43.4 Å². The molecule has 0 aliphatic carbocycles. The maximum atomic E-state index is 12.9. The van der Waals surface area contributed by atoms with E-state index < -0.39 is 15.9 Å². The molecule has 0 aliphatic rings. The topological polar surface area (TPSA) is 126 Å². The third-order valence-electron chi connectivity index (χ3n) is 4.64. The first kappa shape index (κ1) is 24.7. The van der Waals surface area contributed by atoms with Gasteiger partial charge in [0.1, 0.15) is 5.75 Å². The normalized spacial score (nSPS) is 10.9. The number of para-hydroxylation sites is 3. The fraction of sp³-hybridized carbons (Fsp3) is 0.167. The van der Waals surface area contributed by atoms with Crippen LogP contribution in [0.5, 0.6) is 11.5 Å². The van der Waals surface area contributed by atoms with Gasteiger partial charge in [0.15, 0.2) is 5.75 Å². The molecular weight excluding hydrogens is 456 g/mol. The van der Waals surface area contributed by atoms with Gasteiger partial charge in [-0.15, -0.1) is 0 Å². The summed E-state index contributed by atoms with van der Waals surface area (Å²) in [6, 6.07) is 21.1. The zero-order valence-electron chi connectivity index (χ0n) is 18.6. The minimum absolute atomic E-state index is 0.0247. The number of sulfonamides is 1. The number of likely N-dealkylation sites (N-methyl/N-ethyl adjacent to an activating group) is 1. The monoisotopic (exact) mass is 482 g/mol. The summed E-state index contributed by atoms with van der Waals surface area (Å²) in [5.41, 5.74) is 0.507. The molecule has 0 fully saturated rings. The SMILES string of the molecule is CNCCNC(=O)CNC(=O)c1ccc(S(=O)(=O)Nc2ccccc2Oc2ccccc2)cc1. The molecule has 178 valence electrons. The van der Waals surface area contributed by atoms with Crippen LogP contribution >= 0.6 is 0 Å². The van der Waals surface area contributed by atoms with E-state index in [-0.39, 0.29) is 28.6 Å². The van der Waals surface area contributed by atoms with Gasteiger partial charge >= 0.3 is 0 Å². The minimum Gasteiger partial charge on any atom is -0.455 e. The Morgan fingerprint density at radius 3 is 2.21 bits per heavy atom. The van der Waals surface area contributed by atoms with E-state index in [0.29, 0.717) is 24.6 Å². The molecule has 0 atom stereocenters. The van der Waals surface area contributed by atoms with Crippen LogP contribution in [0.25, 0.3) is 0 Å². The molecule has 0 saturated carbocycles. The van der Waals surface area contributed by atoms with Gasteiger partial charge in [0, 0.05) is 18.7 Å². The lowest BCUT2D eigenvalue weighted by Gasteiger charge is -2.13. The number of hydrogen-bond acceptors (Lipinski definition) is 6. The highest BCUT2D eigenvalue weighted by Crippen LogP contribution is 2.30. The van der Waals surface area contributed by atoms with Crippen molar-refractivity contribution in [1.82, 2.24) is 16.0 Å². The van der Waals surface area contributed by atoms with Crippen LogP contribution in [0.4, 0.5) is 5.69 Å². The molecule has 0 heterocycles. The Hall–Kier alpha value is -3.89. The number of rotatable bonds is 11. The lowest BCUT2D eigenvalue weighted by atomic mass is 10.2. The van der Waals surface area contributed by atoms with Crippen LogP contribution < -0.4 is 25.4 Å². The number of amides is 2. The molecule has 0 bridgehead atoms. The second-order valence-corrected chi connectivity index (χ2v) is 8.86. The predicted octanol–water partition coefficient (Wildman–Crippen LogP) is 2.35. The standard InChI is InChI=1S/C24H26N4O5S/c1-25-15-16-26-23(29)17-27-24(30)18-11-13-20(14-12-18)34(31,32)28-21-9-5-6-10-22(21)33-19-7-3-2-4-8-19/h2-14,25,28H,15-17H2,1H3,(H,26,29)(H,27,30). The van der Waals surface area contributed by atoms with Crippen molar-refractivity contribution < 1.29 is 22.7 Å². The molecule has 0 spiro atoms. The summed E-state index contributed by atoms with van der Waals surface area (Å²) in [7, 11) is -2.17. The van der Waals surface area contributed by atoms with Crippen molar-refractivity contribution in [3.8, 4) is 11.5 Å². The Bertz CT molecular complexity index is 1220. The molecule has 0 aromatic heterocycles. The molecule has 0 aliphatic heterocycles. The first-order valence-electron chi connectivity index (χ1n) is 10.5. The van der Waals surface area contributed by atoms with Gasteiger partial charge in [0.25, 0.3) is 15.9 Å². The van der Waals surface area contributed by atoms with Crippen molar-refractivity contribution in [2.75, 3.05) is 31.4 Å². The number of ether oxygens (including phenoxy) is 1. The summed E-state index contributed by atoms with van der Waals surface area (Å²) in [5.74, 6) is 0.118. The summed E-state index contributed by atoms with van der Waals surface area (Å²) in [4.78, 5) is 23.9. The number of nitrogens with one attached hydrogen (secondary N) is 4. The zero-order chi connectivity index (χ0) is 24.4. The Labute approximate surface area is 198 Å². The van der Waals surface area contributed by atoms with Gasteiger partial charge in [-0.05, 0) is 55.6 Å². The fourth-order valence-electron chi connectivity index (χ4n) is 2.90. The average Bonchev–Trinajstić information content (AvgIpc) is 2.84. The third kappa shape index (κ3) is 7.06. The highest BCUT2D eigenvalue weighted by atomic mass is 32.2. The van der Waals surface area contributed by atoms with E-state index in [9.17, 15) is 18.0 Å². The highest BCUT2D eigenvalue weighted by molar-refractivity contribution is 7.92. The van der Waals surface area contributed by atoms with Crippen molar-refractivity contribution in [1.29, 1.82) is 0 Å². The molecule has 0 radical (unpaired) electrons. The average molecular weight is 483 g/mol. The predicted molar refractivity (Wildman–Crippen MR) is 129 cm³/mol. The summed E-state index contributed by atoms with van der Waals surface area (Å²) in [6.07, 6.45) is 0. The van der Waals surface area contributed by atoms with Crippen molar-refractivity contribution in [3.63, 3.8) is 0 Å².